The van der Waals surface area contributed by atoms with E-state index in [1.54, 1.807) is 0 Å². The highest BCUT2D eigenvalue weighted by molar-refractivity contribution is 7.80. The molecule has 0 aliphatic rings. The average molecular weight is 162 g/mol. The molecule has 0 aliphatic heterocycles. The van der Waals surface area contributed by atoms with Crippen LogP contribution in [0.15, 0.2) is 0 Å². The molecule has 1 atom stereocenters. The zero-order valence-corrected chi connectivity index (χ0v) is 8.61. The summed E-state index contributed by atoms with van der Waals surface area (Å²) in [6, 6.07) is 3.02. The van der Waals surface area contributed by atoms with E-state index in [2.05, 4.69) is 26.1 Å². The fourth-order valence-corrected chi connectivity index (χ4v) is 3.78. The first-order valence-corrected chi connectivity index (χ1v) is 7.34. The van der Waals surface area contributed by atoms with Gasteiger partial charge in [-0.15, -0.1) is 0 Å². The lowest BCUT2D eigenvalue weighted by atomic mass is 10.6. The maximum absolute atomic E-state index is 4.19. The first-order valence-electron chi connectivity index (χ1n) is 3.92. The van der Waals surface area contributed by atoms with Crippen molar-refractivity contribution < 1.29 is 0 Å². The molecule has 0 saturated heterocycles. The van der Waals surface area contributed by atoms with Gasteiger partial charge in [-0.05, 0) is 12.2 Å². The van der Waals surface area contributed by atoms with Crippen molar-refractivity contribution in [3.8, 4) is 0 Å². The minimum Gasteiger partial charge on any atom is -0.179 e. The van der Waals surface area contributed by atoms with E-state index >= 15 is 0 Å². The van der Waals surface area contributed by atoms with E-state index in [0.717, 1.165) is 5.75 Å². The SMILES string of the molecule is CCC[SiH](C)CCCS. The Morgan fingerprint density at radius 2 is 2.00 bits per heavy atom. The van der Waals surface area contributed by atoms with Gasteiger partial charge >= 0.3 is 0 Å². The first kappa shape index (κ1) is 9.57. The number of hydrogen-bond donors (Lipinski definition) is 1. The van der Waals surface area contributed by atoms with Crippen LogP contribution in [0.1, 0.15) is 19.8 Å². The van der Waals surface area contributed by atoms with E-state index in [-0.39, 0.29) is 8.80 Å². The van der Waals surface area contributed by atoms with Gasteiger partial charge in [0.05, 0.1) is 0 Å². The molecule has 0 fully saturated rings. The van der Waals surface area contributed by atoms with Gasteiger partial charge in [-0.25, -0.2) is 0 Å². The fourth-order valence-electron chi connectivity index (χ4n) is 1.08. The molecule has 0 aliphatic carbocycles. The van der Waals surface area contributed by atoms with Crippen LogP contribution in [0.25, 0.3) is 0 Å². The van der Waals surface area contributed by atoms with Crippen LogP contribution in [0.3, 0.4) is 0 Å². The molecule has 0 radical (unpaired) electrons. The quantitative estimate of drug-likeness (QED) is 0.466. The molecule has 0 nitrogen and oxygen atoms in total. The van der Waals surface area contributed by atoms with Crippen LogP contribution in [-0.2, 0) is 0 Å². The summed E-state index contributed by atoms with van der Waals surface area (Å²) in [5.41, 5.74) is 0. The van der Waals surface area contributed by atoms with Crippen molar-refractivity contribution in [2.45, 2.75) is 38.4 Å². The summed E-state index contributed by atoms with van der Waals surface area (Å²) < 4.78 is 0. The maximum atomic E-state index is 4.19. The van der Waals surface area contributed by atoms with E-state index in [0.29, 0.717) is 0 Å². The van der Waals surface area contributed by atoms with Gasteiger partial charge in [-0.2, -0.15) is 12.6 Å². The topological polar surface area (TPSA) is 0 Å². The maximum Gasteiger partial charge on any atom is 0.0336 e. The third kappa shape index (κ3) is 6.45. The summed E-state index contributed by atoms with van der Waals surface area (Å²) in [6.07, 6.45) is 2.73. The van der Waals surface area contributed by atoms with Crippen molar-refractivity contribution in [3.63, 3.8) is 0 Å². The monoisotopic (exact) mass is 162 g/mol. The smallest absolute Gasteiger partial charge is 0.0336 e. The molecule has 0 spiro atoms. The Morgan fingerprint density at radius 3 is 2.44 bits per heavy atom. The van der Waals surface area contributed by atoms with Crippen LogP contribution in [0.4, 0.5) is 0 Å². The van der Waals surface area contributed by atoms with Crippen LogP contribution in [0.5, 0.6) is 0 Å². The van der Waals surface area contributed by atoms with E-state index in [4.69, 9.17) is 0 Å². The third-order valence-electron chi connectivity index (χ3n) is 1.64. The van der Waals surface area contributed by atoms with E-state index in [1.807, 2.05) is 0 Å². The standard InChI is InChI=1S/C7H18SSi/c1-3-6-9(2)7-4-5-8/h8-9H,3-7H2,1-2H3. The molecule has 0 amide bonds. The van der Waals surface area contributed by atoms with E-state index < -0.39 is 0 Å². The Morgan fingerprint density at radius 1 is 1.33 bits per heavy atom. The van der Waals surface area contributed by atoms with Crippen molar-refractivity contribution in [1.82, 2.24) is 0 Å². The molecule has 0 N–H and O–H groups in total. The number of rotatable bonds is 5. The lowest BCUT2D eigenvalue weighted by molar-refractivity contribution is 1.02. The molecule has 0 saturated carbocycles. The average Bonchev–Trinajstić information content (AvgIpc) is 1.85. The largest absolute Gasteiger partial charge is 0.179 e. The van der Waals surface area contributed by atoms with E-state index in [1.165, 1.54) is 24.9 Å². The van der Waals surface area contributed by atoms with Crippen molar-refractivity contribution in [2.75, 3.05) is 5.75 Å². The van der Waals surface area contributed by atoms with Gasteiger partial charge in [-0.1, -0.05) is 32.0 Å². The van der Waals surface area contributed by atoms with Crippen LogP contribution < -0.4 is 0 Å². The third-order valence-corrected chi connectivity index (χ3v) is 4.91. The Hall–Kier alpha value is 0.567. The second kappa shape index (κ2) is 6.68. The van der Waals surface area contributed by atoms with E-state index in [9.17, 15) is 0 Å². The summed E-state index contributed by atoms with van der Waals surface area (Å²) in [6.45, 7) is 4.75. The highest BCUT2D eigenvalue weighted by Crippen LogP contribution is 2.05. The Labute approximate surface area is 66.1 Å². The zero-order chi connectivity index (χ0) is 7.11. The molecule has 1 unspecified atom stereocenters. The summed E-state index contributed by atoms with van der Waals surface area (Å²) in [4.78, 5) is 0. The van der Waals surface area contributed by atoms with Crippen LogP contribution in [0.2, 0.25) is 18.6 Å². The second-order valence-electron chi connectivity index (χ2n) is 2.76. The molecular weight excluding hydrogens is 144 g/mol. The lowest BCUT2D eigenvalue weighted by Crippen LogP contribution is -2.04. The molecule has 0 aromatic heterocycles. The Kier molecular flexibility index (Phi) is 7.10. The summed E-state index contributed by atoms with van der Waals surface area (Å²) in [5, 5.41) is 0. The summed E-state index contributed by atoms with van der Waals surface area (Å²) >= 11 is 4.19. The van der Waals surface area contributed by atoms with Crippen LogP contribution in [0, 0.1) is 0 Å². The number of hydrogen-bond acceptors (Lipinski definition) is 1. The summed E-state index contributed by atoms with van der Waals surface area (Å²) in [7, 11) is -0.269. The normalized spacial score (nSPS) is 13.7. The zero-order valence-electron chi connectivity index (χ0n) is 6.56. The van der Waals surface area contributed by atoms with Crippen molar-refractivity contribution >= 4 is 21.4 Å². The van der Waals surface area contributed by atoms with Gasteiger partial charge in [0.15, 0.2) is 0 Å². The highest BCUT2D eigenvalue weighted by Gasteiger charge is 1.99. The Bertz CT molecular complexity index is 56.9. The molecule has 56 valence electrons. The van der Waals surface area contributed by atoms with Crippen LogP contribution in [-0.4, -0.2) is 14.5 Å². The molecule has 9 heavy (non-hydrogen) atoms. The molecule has 2 heteroatoms. The van der Waals surface area contributed by atoms with Gasteiger partial charge in [0, 0.05) is 8.80 Å². The highest BCUT2D eigenvalue weighted by atomic mass is 32.1. The van der Waals surface area contributed by atoms with Gasteiger partial charge in [0.25, 0.3) is 0 Å². The summed E-state index contributed by atoms with van der Waals surface area (Å²) in [5.74, 6) is 1.08. The lowest BCUT2D eigenvalue weighted by Gasteiger charge is -2.04. The molecule has 0 aromatic rings. The molecule has 0 bridgehead atoms. The molecule has 0 rings (SSSR count). The van der Waals surface area contributed by atoms with Crippen molar-refractivity contribution in [2.24, 2.45) is 0 Å². The minimum atomic E-state index is -0.269. The van der Waals surface area contributed by atoms with Gasteiger partial charge in [0.2, 0.25) is 0 Å². The predicted octanol–water partition coefficient (Wildman–Crippen LogP) is 2.57. The molecule has 0 aromatic carbocycles. The van der Waals surface area contributed by atoms with Gasteiger partial charge < -0.3 is 0 Å². The fraction of sp³-hybridized carbons (Fsp3) is 1.00. The van der Waals surface area contributed by atoms with Gasteiger partial charge in [-0.3, -0.25) is 0 Å². The predicted molar refractivity (Wildman–Crippen MR) is 51.4 cm³/mol. The minimum absolute atomic E-state index is 0.269. The first-order chi connectivity index (χ1) is 4.31. The molecular formula is C7H18SSi. The molecule has 0 heterocycles. The van der Waals surface area contributed by atoms with Gasteiger partial charge in [0.1, 0.15) is 0 Å². The number of thiol groups is 1. The van der Waals surface area contributed by atoms with Crippen molar-refractivity contribution in [3.05, 3.63) is 0 Å². The van der Waals surface area contributed by atoms with Crippen LogP contribution >= 0.6 is 12.6 Å². The Balaban J connectivity index is 2.95. The second-order valence-corrected chi connectivity index (χ2v) is 6.57. The van der Waals surface area contributed by atoms with Crippen molar-refractivity contribution in [1.29, 1.82) is 0 Å².